The van der Waals surface area contributed by atoms with Crippen LogP contribution in [0.4, 0.5) is 0 Å². The monoisotopic (exact) mass is 518 g/mol. The SMILES string of the molecule is C[Si](C)c1ccc(-c2ccccn2)nc1.C[Si](C)c1ccc(-c2ccccn2)nc1.O.O.[Fe]. The Labute approximate surface area is 209 Å². The fourth-order valence-corrected chi connectivity index (χ4v) is 4.19. The zero-order valence-corrected chi connectivity index (χ0v) is 22.3. The van der Waals surface area contributed by atoms with Gasteiger partial charge in [-0.3, -0.25) is 19.9 Å². The van der Waals surface area contributed by atoms with E-state index < -0.39 is 17.6 Å². The quantitative estimate of drug-likeness (QED) is 0.386. The van der Waals surface area contributed by atoms with Crippen LogP contribution in [0.3, 0.4) is 0 Å². The van der Waals surface area contributed by atoms with Gasteiger partial charge in [0, 0.05) is 41.9 Å². The van der Waals surface area contributed by atoms with E-state index >= 15 is 0 Å². The summed E-state index contributed by atoms with van der Waals surface area (Å²) < 4.78 is 0. The molecule has 33 heavy (non-hydrogen) atoms. The summed E-state index contributed by atoms with van der Waals surface area (Å²) in [6, 6.07) is 20.2. The van der Waals surface area contributed by atoms with Gasteiger partial charge in [0.1, 0.15) is 0 Å². The van der Waals surface area contributed by atoms with Crippen molar-refractivity contribution >= 4 is 28.0 Å². The third-order valence-corrected chi connectivity index (χ3v) is 7.44. The van der Waals surface area contributed by atoms with Crippen molar-refractivity contribution < 1.29 is 28.0 Å². The van der Waals surface area contributed by atoms with E-state index in [-0.39, 0.29) is 28.0 Å². The Hall–Kier alpha value is -2.53. The zero-order chi connectivity index (χ0) is 21.3. The van der Waals surface area contributed by atoms with Crippen molar-refractivity contribution in [1.82, 2.24) is 19.9 Å². The van der Waals surface area contributed by atoms with Gasteiger partial charge in [-0.2, -0.15) is 0 Å². The number of rotatable bonds is 4. The van der Waals surface area contributed by atoms with Crippen LogP contribution in [0, 0.1) is 0 Å². The molecule has 0 aliphatic rings. The molecule has 0 aliphatic carbocycles. The van der Waals surface area contributed by atoms with E-state index in [0.29, 0.717) is 0 Å². The third kappa shape index (κ3) is 9.09. The Morgan fingerprint density at radius 3 is 1.09 bits per heavy atom. The first-order chi connectivity index (χ1) is 14.5. The van der Waals surface area contributed by atoms with Crippen molar-refractivity contribution in [2.45, 2.75) is 26.2 Å². The summed E-state index contributed by atoms with van der Waals surface area (Å²) in [5, 5.41) is 2.72. The van der Waals surface area contributed by atoms with E-state index in [1.54, 1.807) is 12.4 Å². The maximum Gasteiger partial charge on any atom is 0.0886 e. The number of aromatic nitrogens is 4. The Bertz CT molecular complexity index is 951. The first-order valence-corrected chi connectivity index (χ1v) is 14.9. The molecule has 6 nitrogen and oxygen atoms in total. The molecule has 0 saturated carbocycles. The second kappa shape index (κ2) is 15.3. The van der Waals surface area contributed by atoms with Gasteiger partial charge in [0.25, 0.3) is 0 Å². The molecule has 174 valence electrons. The van der Waals surface area contributed by atoms with Crippen molar-refractivity contribution in [3.63, 3.8) is 0 Å². The van der Waals surface area contributed by atoms with E-state index in [0.717, 1.165) is 22.8 Å². The van der Waals surface area contributed by atoms with E-state index in [1.165, 1.54) is 10.4 Å². The average molecular weight is 519 g/mol. The summed E-state index contributed by atoms with van der Waals surface area (Å²) in [6.45, 7) is 9.06. The van der Waals surface area contributed by atoms with Crippen molar-refractivity contribution in [1.29, 1.82) is 0 Å². The zero-order valence-electron chi connectivity index (χ0n) is 19.2. The molecular formula is C24H30FeN4O2Si2. The Balaban J connectivity index is 0.000000569. The molecule has 0 amide bonds. The summed E-state index contributed by atoms with van der Waals surface area (Å²) in [5.41, 5.74) is 3.76. The van der Waals surface area contributed by atoms with Gasteiger partial charge in [-0.1, -0.05) is 50.5 Å². The van der Waals surface area contributed by atoms with Crippen molar-refractivity contribution in [2.75, 3.05) is 0 Å². The first-order valence-electron chi connectivity index (χ1n) is 9.90. The molecule has 4 aromatic rings. The molecule has 4 rings (SSSR count). The molecule has 4 N–H and O–H groups in total. The summed E-state index contributed by atoms with van der Waals surface area (Å²) in [7, 11) is -0.786. The van der Waals surface area contributed by atoms with Gasteiger partial charge in [0.05, 0.1) is 40.4 Å². The molecule has 0 saturated heterocycles. The van der Waals surface area contributed by atoms with Gasteiger partial charge in [0.2, 0.25) is 0 Å². The molecular weight excluding hydrogens is 488 g/mol. The van der Waals surface area contributed by atoms with Gasteiger partial charge < -0.3 is 11.0 Å². The second-order valence-corrected chi connectivity index (χ2v) is 12.4. The van der Waals surface area contributed by atoms with E-state index in [9.17, 15) is 0 Å². The molecule has 9 heteroatoms. The molecule has 4 heterocycles. The van der Waals surface area contributed by atoms with Crippen LogP contribution in [0.5, 0.6) is 0 Å². The predicted molar refractivity (Wildman–Crippen MR) is 136 cm³/mol. The van der Waals surface area contributed by atoms with Gasteiger partial charge >= 0.3 is 0 Å². The maximum absolute atomic E-state index is 4.43. The second-order valence-electron chi connectivity index (χ2n) is 7.29. The van der Waals surface area contributed by atoms with Crippen LogP contribution in [0.1, 0.15) is 0 Å². The fraction of sp³-hybridized carbons (Fsp3) is 0.167. The van der Waals surface area contributed by atoms with E-state index in [1.807, 2.05) is 48.8 Å². The van der Waals surface area contributed by atoms with Gasteiger partial charge in [0.15, 0.2) is 0 Å². The summed E-state index contributed by atoms with van der Waals surface area (Å²) in [6.07, 6.45) is 7.52. The van der Waals surface area contributed by atoms with Crippen LogP contribution >= 0.6 is 0 Å². The van der Waals surface area contributed by atoms with Crippen LogP contribution in [0.15, 0.2) is 85.5 Å². The number of pyridine rings is 4. The Kier molecular flexibility index (Phi) is 14.2. The molecule has 0 atom stereocenters. The minimum atomic E-state index is -0.393. The van der Waals surface area contributed by atoms with Crippen LogP contribution < -0.4 is 10.4 Å². The minimum Gasteiger partial charge on any atom is -0.412 e. The van der Waals surface area contributed by atoms with E-state index in [2.05, 4.69) is 70.4 Å². The Morgan fingerprint density at radius 1 is 0.485 bits per heavy atom. The van der Waals surface area contributed by atoms with E-state index in [4.69, 9.17) is 0 Å². The normalized spacial score (nSPS) is 9.64. The van der Waals surface area contributed by atoms with Gasteiger partial charge in [-0.05, 0) is 46.8 Å². The maximum atomic E-state index is 4.43. The fourth-order valence-electron chi connectivity index (χ4n) is 2.71. The molecule has 4 aromatic heterocycles. The standard InChI is InChI=1S/2C12H13N2Si.Fe.2H2O/c2*1-15(2)10-6-7-12(14-9-10)11-5-3-4-8-13-11;;;/h2*3-9H,1-2H3;;2*1H2. The van der Waals surface area contributed by atoms with Crippen LogP contribution in [0.2, 0.25) is 26.2 Å². The smallest absolute Gasteiger partial charge is 0.0886 e. The average Bonchev–Trinajstić information content (AvgIpc) is 2.81. The third-order valence-electron chi connectivity index (χ3n) is 4.54. The largest absolute Gasteiger partial charge is 0.412 e. The number of nitrogens with zero attached hydrogens (tertiary/aromatic N) is 4. The van der Waals surface area contributed by atoms with Crippen molar-refractivity contribution in [3.05, 3.63) is 85.5 Å². The number of hydrogen-bond donors (Lipinski definition) is 0. The topological polar surface area (TPSA) is 115 Å². The number of hydrogen-bond acceptors (Lipinski definition) is 4. The van der Waals surface area contributed by atoms with Gasteiger partial charge in [-0.15, -0.1) is 0 Å². The molecule has 0 unspecified atom stereocenters. The first kappa shape index (κ1) is 30.5. The predicted octanol–water partition coefficient (Wildman–Crippen LogP) is 2.56. The molecule has 0 spiro atoms. The molecule has 0 fully saturated rings. The molecule has 0 bridgehead atoms. The van der Waals surface area contributed by atoms with Crippen molar-refractivity contribution in [2.24, 2.45) is 0 Å². The molecule has 0 aromatic carbocycles. The summed E-state index contributed by atoms with van der Waals surface area (Å²) in [5.74, 6) is 0. The van der Waals surface area contributed by atoms with Gasteiger partial charge in [-0.25, -0.2) is 0 Å². The molecule has 0 aliphatic heterocycles. The van der Waals surface area contributed by atoms with Crippen LogP contribution in [-0.2, 0) is 17.1 Å². The molecule has 2 radical (unpaired) electrons. The van der Waals surface area contributed by atoms with Crippen LogP contribution in [-0.4, -0.2) is 48.5 Å². The van der Waals surface area contributed by atoms with Crippen LogP contribution in [0.25, 0.3) is 22.8 Å². The van der Waals surface area contributed by atoms with Crippen molar-refractivity contribution in [3.8, 4) is 22.8 Å². The summed E-state index contributed by atoms with van der Waals surface area (Å²) in [4.78, 5) is 17.4. The minimum absolute atomic E-state index is 0. The summed E-state index contributed by atoms with van der Waals surface area (Å²) >= 11 is 0. The Morgan fingerprint density at radius 2 is 0.848 bits per heavy atom.